The minimum atomic E-state index is 0.280. The van der Waals surface area contributed by atoms with Gasteiger partial charge in [-0.25, -0.2) is 4.99 Å². The molecule has 0 unspecified atom stereocenters. The van der Waals surface area contributed by atoms with E-state index in [9.17, 15) is 5.26 Å². The topological polar surface area (TPSA) is 41.1 Å². The third-order valence-electron chi connectivity index (χ3n) is 6.97. The summed E-state index contributed by atoms with van der Waals surface area (Å²) in [6, 6.07) is 18.8. The minimum absolute atomic E-state index is 0.280. The van der Waals surface area contributed by atoms with Crippen LogP contribution in [0.5, 0.6) is 0 Å². The molecule has 0 aliphatic heterocycles. The van der Waals surface area contributed by atoms with Gasteiger partial charge in [0.25, 0.3) is 0 Å². The van der Waals surface area contributed by atoms with E-state index in [1.807, 2.05) is 24.4 Å². The van der Waals surface area contributed by atoms with Crippen molar-refractivity contribution in [3.8, 4) is 6.07 Å². The fraction of sp³-hybridized carbons (Fsp3) is 0.310. The molecule has 3 nitrogen and oxygen atoms in total. The number of nitrogens with zero attached hydrogens (tertiary/aromatic N) is 3. The lowest BCUT2D eigenvalue weighted by atomic mass is 9.72. The van der Waals surface area contributed by atoms with E-state index in [-0.39, 0.29) is 5.41 Å². The Hall–Kier alpha value is -2.87. The van der Waals surface area contributed by atoms with Crippen molar-refractivity contribution in [2.75, 3.05) is 0 Å². The molecule has 0 radical (unpaired) electrons. The van der Waals surface area contributed by atoms with Gasteiger partial charge in [0.1, 0.15) is 11.1 Å². The summed E-state index contributed by atoms with van der Waals surface area (Å²) < 4.78 is 2.24. The highest BCUT2D eigenvalue weighted by molar-refractivity contribution is 7.16. The summed E-state index contributed by atoms with van der Waals surface area (Å²) in [4.78, 5) is 6.21. The van der Waals surface area contributed by atoms with E-state index in [2.05, 4.69) is 67.9 Å². The number of halogens is 1. The van der Waals surface area contributed by atoms with Gasteiger partial charge in [-0.1, -0.05) is 62.7 Å². The van der Waals surface area contributed by atoms with Gasteiger partial charge in [-0.2, -0.15) is 5.26 Å². The van der Waals surface area contributed by atoms with E-state index in [0.717, 1.165) is 63.4 Å². The number of aromatic nitrogens is 1. The maximum absolute atomic E-state index is 9.92. The second-order valence-corrected chi connectivity index (χ2v) is 11.7. The van der Waals surface area contributed by atoms with E-state index in [1.165, 1.54) is 10.4 Å². The van der Waals surface area contributed by atoms with E-state index in [1.54, 1.807) is 11.3 Å². The van der Waals surface area contributed by atoms with Gasteiger partial charge in [-0.15, -0.1) is 11.3 Å². The summed E-state index contributed by atoms with van der Waals surface area (Å²) in [6.07, 6.45) is 7.24. The first-order valence-electron chi connectivity index (χ1n) is 11.7. The van der Waals surface area contributed by atoms with E-state index < -0.39 is 0 Å². The van der Waals surface area contributed by atoms with Crippen LogP contribution in [-0.4, -0.2) is 10.8 Å². The number of hydrogen-bond acceptors (Lipinski definition) is 3. The van der Waals surface area contributed by atoms with Gasteiger partial charge in [0.2, 0.25) is 0 Å². The minimum Gasteiger partial charge on any atom is -0.342 e. The molecule has 1 atom stereocenters. The van der Waals surface area contributed by atoms with Crippen molar-refractivity contribution in [1.82, 2.24) is 4.57 Å². The smallest absolute Gasteiger partial charge is 0.134 e. The summed E-state index contributed by atoms with van der Waals surface area (Å²) in [5, 5.41) is 12.7. The highest BCUT2D eigenvalue weighted by Crippen LogP contribution is 2.45. The zero-order valence-corrected chi connectivity index (χ0v) is 21.4. The largest absolute Gasteiger partial charge is 0.342 e. The third kappa shape index (κ3) is 4.43. The number of thiophene rings is 1. The van der Waals surface area contributed by atoms with Crippen LogP contribution in [0.15, 0.2) is 59.7 Å². The first-order chi connectivity index (χ1) is 16.3. The van der Waals surface area contributed by atoms with Crippen molar-refractivity contribution < 1.29 is 0 Å². The van der Waals surface area contributed by atoms with Gasteiger partial charge in [-0.3, -0.25) is 0 Å². The standard InChI is InChI=1S/C29H28ClN3S/c1-29(2,3)21-11-12-24-25(15-31)28(34-27(24)14-21)32-16-20-18-33(26-10-5-4-9-23(20)26)17-19-7-6-8-22(30)13-19/h4-10,13,16,18,21H,11-12,14,17H2,1-3H3/t21-/m0/s1. The number of fused-ring (bicyclic) bond motifs is 2. The average molecular weight is 486 g/mol. The van der Waals surface area contributed by atoms with Crippen LogP contribution in [0, 0.1) is 22.7 Å². The molecule has 1 aliphatic carbocycles. The molecular weight excluding hydrogens is 458 g/mol. The SMILES string of the molecule is CC(C)(C)[C@H]1CCc2c(sc(N=Cc3cn(Cc4cccc(Cl)c4)c4ccccc34)c2C#N)C1. The predicted molar refractivity (Wildman–Crippen MR) is 144 cm³/mol. The molecule has 2 heterocycles. The summed E-state index contributed by atoms with van der Waals surface area (Å²) in [5.41, 5.74) is 5.64. The van der Waals surface area contributed by atoms with Gasteiger partial charge in [-0.05, 0) is 59.9 Å². The number of rotatable bonds is 4. The normalized spacial score (nSPS) is 16.1. The molecular formula is C29H28ClN3S. The molecule has 2 aromatic carbocycles. The monoisotopic (exact) mass is 485 g/mol. The van der Waals surface area contributed by atoms with E-state index in [0.29, 0.717) is 5.92 Å². The fourth-order valence-corrected chi connectivity index (χ4v) is 6.42. The van der Waals surface area contributed by atoms with Gasteiger partial charge in [0.05, 0.1) is 5.56 Å². The highest BCUT2D eigenvalue weighted by atomic mass is 35.5. The van der Waals surface area contributed by atoms with Crippen LogP contribution in [-0.2, 0) is 19.4 Å². The molecule has 34 heavy (non-hydrogen) atoms. The van der Waals surface area contributed by atoms with Crippen LogP contribution in [0.4, 0.5) is 5.00 Å². The molecule has 0 spiro atoms. The maximum atomic E-state index is 9.92. The van der Waals surface area contributed by atoms with Crippen LogP contribution in [0.2, 0.25) is 5.02 Å². The lowest BCUT2D eigenvalue weighted by Gasteiger charge is -2.33. The molecule has 0 N–H and O–H groups in total. The molecule has 4 aromatic rings. The second kappa shape index (κ2) is 9.06. The number of aliphatic imine (C=N–C) groups is 1. The first kappa shape index (κ1) is 22.9. The second-order valence-electron chi connectivity index (χ2n) is 10.2. The number of benzene rings is 2. The van der Waals surface area contributed by atoms with Crippen LogP contribution >= 0.6 is 22.9 Å². The summed E-state index contributed by atoms with van der Waals surface area (Å²) in [6.45, 7) is 7.69. The Labute approximate surface area is 210 Å². The van der Waals surface area contributed by atoms with Crippen LogP contribution < -0.4 is 0 Å². The Morgan fingerprint density at radius 1 is 1.21 bits per heavy atom. The van der Waals surface area contributed by atoms with Crippen LogP contribution in [0.3, 0.4) is 0 Å². The molecule has 1 aliphatic rings. The summed E-state index contributed by atoms with van der Waals surface area (Å²) >= 11 is 7.90. The summed E-state index contributed by atoms with van der Waals surface area (Å²) in [5.74, 6) is 0.645. The van der Waals surface area contributed by atoms with Crippen molar-refractivity contribution in [2.45, 2.75) is 46.6 Å². The molecule has 5 heteroatoms. The van der Waals surface area contributed by atoms with Crippen molar-refractivity contribution in [2.24, 2.45) is 16.3 Å². The van der Waals surface area contributed by atoms with Crippen LogP contribution in [0.1, 0.15) is 54.3 Å². The van der Waals surface area contributed by atoms with Crippen LogP contribution in [0.25, 0.3) is 10.9 Å². The molecule has 5 rings (SSSR count). The Morgan fingerprint density at radius 3 is 2.79 bits per heavy atom. The van der Waals surface area contributed by atoms with E-state index >= 15 is 0 Å². The summed E-state index contributed by atoms with van der Waals surface area (Å²) in [7, 11) is 0. The van der Waals surface area contributed by atoms with Gasteiger partial charge >= 0.3 is 0 Å². The lowest BCUT2D eigenvalue weighted by molar-refractivity contribution is 0.218. The van der Waals surface area contributed by atoms with Crippen molar-refractivity contribution in [1.29, 1.82) is 5.26 Å². The van der Waals surface area contributed by atoms with Gasteiger partial charge < -0.3 is 4.57 Å². The molecule has 0 saturated carbocycles. The zero-order chi connectivity index (χ0) is 23.9. The van der Waals surface area contributed by atoms with Crippen molar-refractivity contribution in [3.63, 3.8) is 0 Å². The molecule has 0 amide bonds. The Kier molecular flexibility index (Phi) is 6.10. The molecule has 0 bridgehead atoms. The zero-order valence-electron chi connectivity index (χ0n) is 19.8. The average Bonchev–Trinajstić information content (AvgIpc) is 3.34. The first-order valence-corrected chi connectivity index (χ1v) is 12.9. The number of hydrogen-bond donors (Lipinski definition) is 0. The lowest BCUT2D eigenvalue weighted by Crippen LogP contribution is -2.26. The van der Waals surface area contributed by atoms with Crippen molar-refractivity contribution >= 4 is 45.1 Å². The maximum Gasteiger partial charge on any atom is 0.134 e. The Bertz CT molecular complexity index is 1430. The van der Waals surface area contributed by atoms with Crippen molar-refractivity contribution in [3.05, 3.63) is 86.9 Å². The number of nitriles is 1. The molecule has 0 fully saturated rings. The fourth-order valence-electron chi connectivity index (χ4n) is 4.99. The van der Waals surface area contributed by atoms with Gasteiger partial charge in [0, 0.05) is 45.3 Å². The predicted octanol–water partition coefficient (Wildman–Crippen LogP) is 8.18. The highest BCUT2D eigenvalue weighted by Gasteiger charge is 2.32. The van der Waals surface area contributed by atoms with Gasteiger partial charge in [0.15, 0.2) is 0 Å². The molecule has 172 valence electrons. The quantitative estimate of drug-likeness (QED) is 0.268. The molecule has 2 aromatic heterocycles. The third-order valence-corrected chi connectivity index (χ3v) is 8.36. The Morgan fingerprint density at radius 2 is 2.03 bits per heavy atom. The Balaban J connectivity index is 1.49. The number of para-hydroxylation sites is 1. The molecule has 0 saturated heterocycles. The van der Waals surface area contributed by atoms with E-state index in [4.69, 9.17) is 16.6 Å².